The minimum absolute atomic E-state index is 0.259. The van der Waals surface area contributed by atoms with Crippen LogP contribution >= 0.6 is 11.8 Å². The third-order valence-electron chi connectivity index (χ3n) is 3.04. The Hall–Kier alpha value is -1.75. The first-order chi connectivity index (χ1) is 9.35. The first kappa shape index (κ1) is 12.3. The lowest BCUT2D eigenvalue weighted by molar-refractivity contribution is 0.660. The van der Waals surface area contributed by atoms with Gasteiger partial charge >= 0.3 is 0 Å². The second-order valence-electron chi connectivity index (χ2n) is 4.38. The minimum Gasteiger partial charge on any atom is -0.332 e. The van der Waals surface area contributed by atoms with E-state index < -0.39 is 0 Å². The fourth-order valence-corrected chi connectivity index (χ4v) is 2.99. The van der Waals surface area contributed by atoms with Gasteiger partial charge in [0, 0.05) is 18.5 Å². The van der Waals surface area contributed by atoms with Gasteiger partial charge in [-0.05, 0) is 12.5 Å². The standard InChI is InChI=1S/C14H16N4S/c1-2-18-9-12(8-15-18)16-14-17-13(10-19-14)11-6-4-3-5-7-11/h3-9,13H,2,10H2,1H3,(H,16,17). The lowest BCUT2D eigenvalue weighted by atomic mass is 10.1. The monoisotopic (exact) mass is 272 g/mol. The van der Waals surface area contributed by atoms with Crippen LogP contribution in [-0.2, 0) is 6.54 Å². The quantitative estimate of drug-likeness (QED) is 0.933. The SMILES string of the molecule is CCn1cc(NC2=NC(c3ccccc3)CS2)cn1. The molecule has 0 aliphatic carbocycles. The van der Waals surface area contributed by atoms with E-state index in [4.69, 9.17) is 4.99 Å². The van der Waals surface area contributed by atoms with Gasteiger partial charge in [-0.1, -0.05) is 42.1 Å². The Morgan fingerprint density at radius 3 is 2.95 bits per heavy atom. The summed E-state index contributed by atoms with van der Waals surface area (Å²) in [5.41, 5.74) is 2.28. The number of rotatable bonds is 3. The molecule has 1 aliphatic heterocycles. The molecule has 0 saturated heterocycles. The molecule has 1 aromatic carbocycles. The van der Waals surface area contributed by atoms with Crippen molar-refractivity contribution in [2.45, 2.75) is 19.5 Å². The summed E-state index contributed by atoms with van der Waals surface area (Å²) < 4.78 is 1.90. The van der Waals surface area contributed by atoms with E-state index in [1.165, 1.54) is 5.56 Å². The molecule has 5 heteroatoms. The topological polar surface area (TPSA) is 42.2 Å². The predicted octanol–water partition coefficient (Wildman–Crippen LogP) is 3.16. The summed E-state index contributed by atoms with van der Waals surface area (Å²) in [4.78, 5) is 4.72. The number of aliphatic imine (C=N–C) groups is 1. The number of aromatic nitrogens is 2. The van der Waals surface area contributed by atoms with E-state index in [9.17, 15) is 0 Å². The van der Waals surface area contributed by atoms with Crippen molar-refractivity contribution in [3.8, 4) is 0 Å². The van der Waals surface area contributed by atoms with Crippen molar-refractivity contribution < 1.29 is 0 Å². The second-order valence-corrected chi connectivity index (χ2v) is 5.39. The number of nitrogens with one attached hydrogen (secondary N) is 1. The highest BCUT2D eigenvalue weighted by Gasteiger charge is 2.19. The van der Waals surface area contributed by atoms with Crippen molar-refractivity contribution in [1.29, 1.82) is 0 Å². The number of thioether (sulfide) groups is 1. The van der Waals surface area contributed by atoms with Gasteiger partial charge in [0.2, 0.25) is 0 Å². The first-order valence-electron chi connectivity index (χ1n) is 6.40. The van der Waals surface area contributed by atoms with Gasteiger partial charge in [0.05, 0.1) is 17.9 Å². The smallest absolute Gasteiger partial charge is 0.161 e. The molecule has 0 saturated carbocycles. The number of amidine groups is 1. The summed E-state index contributed by atoms with van der Waals surface area (Å²) in [6.07, 6.45) is 3.83. The summed E-state index contributed by atoms with van der Waals surface area (Å²) in [6, 6.07) is 10.7. The fourth-order valence-electron chi connectivity index (χ4n) is 2.01. The Labute approximate surface area is 116 Å². The Kier molecular flexibility index (Phi) is 3.55. The van der Waals surface area contributed by atoms with E-state index in [0.29, 0.717) is 0 Å². The molecule has 0 radical (unpaired) electrons. The maximum absolute atomic E-state index is 4.72. The zero-order valence-electron chi connectivity index (χ0n) is 10.8. The third-order valence-corrected chi connectivity index (χ3v) is 4.01. The Balaban J connectivity index is 1.70. The molecule has 98 valence electrons. The Morgan fingerprint density at radius 2 is 2.21 bits per heavy atom. The largest absolute Gasteiger partial charge is 0.332 e. The molecule has 0 spiro atoms. The average Bonchev–Trinajstić information content (AvgIpc) is 3.09. The van der Waals surface area contributed by atoms with Gasteiger partial charge in [-0.25, -0.2) is 0 Å². The molecular formula is C14H16N4S. The van der Waals surface area contributed by atoms with Crippen LogP contribution in [0.15, 0.2) is 47.7 Å². The molecule has 19 heavy (non-hydrogen) atoms. The van der Waals surface area contributed by atoms with E-state index in [1.54, 1.807) is 11.8 Å². The van der Waals surface area contributed by atoms with Crippen LogP contribution in [0.3, 0.4) is 0 Å². The van der Waals surface area contributed by atoms with E-state index in [0.717, 1.165) is 23.2 Å². The molecule has 4 nitrogen and oxygen atoms in total. The number of benzene rings is 1. The van der Waals surface area contributed by atoms with Gasteiger partial charge in [-0.3, -0.25) is 9.67 Å². The maximum Gasteiger partial charge on any atom is 0.161 e. The van der Waals surface area contributed by atoms with Gasteiger partial charge < -0.3 is 5.32 Å². The predicted molar refractivity (Wildman–Crippen MR) is 80.6 cm³/mol. The van der Waals surface area contributed by atoms with Crippen molar-refractivity contribution in [3.63, 3.8) is 0 Å². The maximum atomic E-state index is 4.72. The highest BCUT2D eigenvalue weighted by atomic mass is 32.2. The lowest BCUT2D eigenvalue weighted by Gasteiger charge is -2.04. The highest BCUT2D eigenvalue weighted by Crippen LogP contribution is 2.30. The summed E-state index contributed by atoms with van der Waals surface area (Å²) >= 11 is 1.76. The van der Waals surface area contributed by atoms with Crippen LogP contribution in [0.1, 0.15) is 18.5 Å². The van der Waals surface area contributed by atoms with Crippen molar-refractivity contribution >= 4 is 22.6 Å². The van der Waals surface area contributed by atoms with E-state index in [-0.39, 0.29) is 6.04 Å². The van der Waals surface area contributed by atoms with Gasteiger partial charge in [0.15, 0.2) is 5.17 Å². The molecule has 1 aromatic heterocycles. The number of nitrogens with zero attached hydrogens (tertiary/aromatic N) is 3. The Bertz CT molecular complexity index is 576. The molecule has 1 atom stereocenters. The molecular weight excluding hydrogens is 256 g/mol. The van der Waals surface area contributed by atoms with Crippen LogP contribution in [0.4, 0.5) is 5.69 Å². The normalized spacial score (nSPS) is 18.4. The highest BCUT2D eigenvalue weighted by molar-refractivity contribution is 8.14. The second kappa shape index (κ2) is 5.48. The van der Waals surface area contributed by atoms with Crippen molar-refractivity contribution in [1.82, 2.24) is 9.78 Å². The number of hydrogen-bond donors (Lipinski definition) is 1. The van der Waals surface area contributed by atoms with Gasteiger partial charge in [-0.15, -0.1) is 0 Å². The Morgan fingerprint density at radius 1 is 1.37 bits per heavy atom. The van der Waals surface area contributed by atoms with Crippen LogP contribution in [-0.4, -0.2) is 20.7 Å². The zero-order valence-corrected chi connectivity index (χ0v) is 11.6. The number of aryl methyl sites for hydroxylation is 1. The van der Waals surface area contributed by atoms with Crippen LogP contribution in [0.2, 0.25) is 0 Å². The molecule has 2 heterocycles. The van der Waals surface area contributed by atoms with Crippen molar-refractivity contribution in [2.24, 2.45) is 4.99 Å². The lowest BCUT2D eigenvalue weighted by Crippen LogP contribution is -2.03. The average molecular weight is 272 g/mol. The van der Waals surface area contributed by atoms with Crippen LogP contribution < -0.4 is 5.32 Å². The van der Waals surface area contributed by atoms with E-state index >= 15 is 0 Å². The first-order valence-corrected chi connectivity index (χ1v) is 7.38. The number of anilines is 1. The third kappa shape index (κ3) is 2.81. The molecule has 1 aliphatic rings. The zero-order chi connectivity index (χ0) is 13.1. The summed E-state index contributed by atoms with van der Waals surface area (Å²) in [6.45, 7) is 2.96. The van der Waals surface area contributed by atoms with Gasteiger partial charge in [0.25, 0.3) is 0 Å². The molecule has 1 unspecified atom stereocenters. The molecule has 1 N–H and O–H groups in total. The van der Waals surface area contributed by atoms with Crippen LogP contribution in [0.5, 0.6) is 0 Å². The summed E-state index contributed by atoms with van der Waals surface area (Å²) in [7, 11) is 0. The van der Waals surface area contributed by atoms with Gasteiger partial charge in [0.1, 0.15) is 0 Å². The van der Waals surface area contributed by atoms with E-state index in [2.05, 4.69) is 41.6 Å². The minimum atomic E-state index is 0.259. The fraction of sp³-hybridized carbons (Fsp3) is 0.286. The molecule has 0 bridgehead atoms. The summed E-state index contributed by atoms with van der Waals surface area (Å²) in [5, 5.41) is 8.55. The van der Waals surface area contributed by atoms with Gasteiger partial charge in [-0.2, -0.15) is 5.10 Å². The number of hydrogen-bond acceptors (Lipinski definition) is 4. The van der Waals surface area contributed by atoms with Crippen molar-refractivity contribution in [3.05, 3.63) is 48.3 Å². The summed E-state index contributed by atoms with van der Waals surface area (Å²) in [5.74, 6) is 0.994. The van der Waals surface area contributed by atoms with Crippen molar-refractivity contribution in [2.75, 3.05) is 11.1 Å². The molecule has 2 aromatic rings. The van der Waals surface area contributed by atoms with E-state index in [1.807, 2.05) is 23.1 Å². The van der Waals surface area contributed by atoms with Crippen LogP contribution in [0.25, 0.3) is 0 Å². The molecule has 0 amide bonds. The molecule has 3 rings (SSSR count). The molecule has 0 fully saturated rings. The van der Waals surface area contributed by atoms with Crippen LogP contribution in [0, 0.1) is 0 Å².